The Morgan fingerprint density at radius 1 is 0.731 bits per heavy atom. The van der Waals surface area contributed by atoms with Gasteiger partial charge in [-0.3, -0.25) is 9.98 Å². The molecule has 136 valence electrons. The lowest BCUT2D eigenvalue weighted by Crippen LogP contribution is -2.13. The highest BCUT2D eigenvalue weighted by Crippen LogP contribution is 2.12. The van der Waals surface area contributed by atoms with Crippen LogP contribution in [-0.4, -0.2) is 45.3 Å². The highest BCUT2D eigenvalue weighted by Gasteiger charge is 2.06. The first kappa shape index (κ1) is 19.0. The first-order valence-corrected chi connectivity index (χ1v) is 8.04. The number of hydrogen-bond acceptors (Lipinski definition) is 7. The van der Waals surface area contributed by atoms with Crippen molar-refractivity contribution in [2.24, 2.45) is 9.98 Å². The van der Waals surface area contributed by atoms with E-state index in [1.165, 1.54) is 12.8 Å². The van der Waals surface area contributed by atoms with Gasteiger partial charge in [0.25, 0.3) is 0 Å². The largest absolute Gasteiger partial charge is 0.519 e. The monoisotopic (exact) mass is 356 g/mol. The molecule has 26 heavy (non-hydrogen) atoms. The second kappa shape index (κ2) is 12.1. The van der Waals surface area contributed by atoms with Gasteiger partial charge in [0.15, 0.2) is 12.8 Å². The van der Waals surface area contributed by atoms with Gasteiger partial charge in [-0.2, -0.15) is 0 Å². The lowest BCUT2D eigenvalue weighted by molar-refractivity contribution is 0.152. The van der Waals surface area contributed by atoms with Gasteiger partial charge >= 0.3 is 6.16 Å². The minimum absolute atomic E-state index is 0.462. The molecule has 0 N–H and O–H groups in total. The van der Waals surface area contributed by atoms with E-state index in [2.05, 4.69) is 19.5 Å². The number of benzene rings is 2. The number of hydrogen-bond donors (Lipinski definition) is 0. The molecule has 2 aliphatic heterocycles. The van der Waals surface area contributed by atoms with Crippen molar-refractivity contribution >= 4 is 19.0 Å². The Hall–Kier alpha value is -3.35. The topological polar surface area (TPSA) is 78.7 Å². The molecule has 7 heteroatoms. The van der Waals surface area contributed by atoms with Crippen molar-refractivity contribution in [1.29, 1.82) is 0 Å². The SMILES string of the molecule is C1=NCCO1.C1=NCCO1.O=C(Oc1ccccc1)Oc1ccccc1. The van der Waals surface area contributed by atoms with Crippen LogP contribution in [0, 0.1) is 0 Å². The van der Waals surface area contributed by atoms with E-state index < -0.39 is 6.16 Å². The van der Waals surface area contributed by atoms with Crippen molar-refractivity contribution in [2.75, 3.05) is 26.3 Å². The van der Waals surface area contributed by atoms with Crippen molar-refractivity contribution < 1.29 is 23.7 Å². The fraction of sp³-hybridized carbons (Fsp3) is 0.211. The van der Waals surface area contributed by atoms with Crippen LogP contribution in [0.2, 0.25) is 0 Å². The molecular formula is C19H20N2O5. The average Bonchev–Trinajstić information content (AvgIpc) is 3.42. The van der Waals surface area contributed by atoms with Gasteiger partial charge in [-0.15, -0.1) is 0 Å². The molecule has 0 spiro atoms. The summed E-state index contributed by atoms with van der Waals surface area (Å²) < 4.78 is 19.2. The first-order valence-electron chi connectivity index (χ1n) is 8.04. The van der Waals surface area contributed by atoms with E-state index in [9.17, 15) is 4.79 Å². The predicted molar refractivity (Wildman–Crippen MR) is 98.2 cm³/mol. The Bertz CT molecular complexity index is 618. The molecule has 0 bridgehead atoms. The zero-order chi connectivity index (χ0) is 18.3. The standard InChI is InChI=1S/C13H10O3.2C3H5NO/c14-13(15-11-7-3-1-4-8-11)16-12-9-5-2-6-10-12;2*1-2-5-3-4-1/h1-10H;2*3H,1-2H2. The van der Waals surface area contributed by atoms with Crippen molar-refractivity contribution in [2.45, 2.75) is 0 Å². The third-order valence-electron chi connectivity index (χ3n) is 2.86. The fourth-order valence-electron chi connectivity index (χ4n) is 1.72. The Morgan fingerprint density at radius 3 is 1.42 bits per heavy atom. The van der Waals surface area contributed by atoms with Crippen LogP contribution in [0.25, 0.3) is 0 Å². The maximum absolute atomic E-state index is 11.3. The van der Waals surface area contributed by atoms with Crippen LogP contribution < -0.4 is 9.47 Å². The van der Waals surface area contributed by atoms with Gasteiger partial charge in [0.1, 0.15) is 24.7 Å². The van der Waals surface area contributed by atoms with E-state index in [-0.39, 0.29) is 0 Å². The van der Waals surface area contributed by atoms with Crippen LogP contribution in [0.5, 0.6) is 11.5 Å². The number of ether oxygens (including phenoxy) is 4. The molecule has 2 aliphatic rings. The van der Waals surface area contributed by atoms with Crippen LogP contribution in [-0.2, 0) is 9.47 Å². The summed E-state index contributed by atoms with van der Waals surface area (Å²) in [5.41, 5.74) is 0. The van der Waals surface area contributed by atoms with Gasteiger partial charge in [0.05, 0.1) is 13.1 Å². The fourth-order valence-corrected chi connectivity index (χ4v) is 1.72. The summed E-state index contributed by atoms with van der Waals surface area (Å²) >= 11 is 0. The van der Waals surface area contributed by atoms with Gasteiger partial charge < -0.3 is 18.9 Å². The van der Waals surface area contributed by atoms with Gasteiger partial charge in [-0.05, 0) is 24.3 Å². The van der Waals surface area contributed by atoms with Gasteiger partial charge in [0, 0.05) is 0 Å². The third-order valence-corrected chi connectivity index (χ3v) is 2.86. The Kier molecular flexibility index (Phi) is 8.82. The second-order valence-electron chi connectivity index (χ2n) is 4.84. The average molecular weight is 356 g/mol. The molecule has 0 radical (unpaired) electrons. The molecule has 0 aliphatic carbocycles. The molecule has 0 saturated heterocycles. The summed E-state index contributed by atoms with van der Waals surface area (Å²) in [7, 11) is 0. The molecule has 0 fully saturated rings. The number of aliphatic imine (C=N–C) groups is 2. The van der Waals surface area contributed by atoms with E-state index in [1.54, 1.807) is 48.5 Å². The Labute approximate surface area is 151 Å². The highest BCUT2D eigenvalue weighted by atomic mass is 16.7. The number of carbonyl (C=O) groups is 1. The summed E-state index contributed by atoms with van der Waals surface area (Å²) in [5, 5.41) is 0. The Morgan fingerprint density at radius 2 is 1.15 bits per heavy atom. The minimum Gasteiger partial charge on any atom is -0.482 e. The number of rotatable bonds is 2. The maximum atomic E-state index is 11.3. The van der Waals surface area contributed by atoms with E-state index >= 15 is 0 Å². The third kappa shape index (κ3) is 8.49. The van der Waals surface area contributed by atoms with Crippen molar-refractivity contribution in [3.63, 3.8) is 0 Å². The predicted octanol–water partition coefficient (Wildman–Crippen LogP) is 3.35. The molecule has 7 nitrogen and oxygen atoms in total. The zero-order valence-electron chi connectivity index (χ0n) is 14.2. The summed E-state index contributed by atoms with van der Waals surface area (Å²) in [6, 6.07) is 17.6. The van der Waals surface area contributed by atoms with E-state index in [4.69, 9.17) is 9.47 Å². The van der Waals surface area contributed by atoms with E-state index in [0.29, 0.717) is 11.5 Å². The Balaban J connectivity index is 0.000000196. The molecule has 0 amide bonds. The van der Waals surface area contributed by atoms with Crippen LogP contribution >= 0.6 is 0 Å². The summed E-state index contributed by atoms with van der Waals surface area (Å²) in [4.78, 5) is 18.8. The van der Waals surface area contributed by atoms with Gasteiger partial charge in [-0.25, -0.2) is 4.79 Å². The molecule has 0 atom stereocenters. The molecule has 2 aromatic carbocycles. The minimum atomic E-state index is -0.739. The lowest BCUT2D eigenvalue weighted by Gasteiger charge is -2.04. The summed E-state index contributed by atoms with van der Waals surface area (Å²) in [6.07, 6.45) is 2.23. The quantitative estimate of drug-likeness (QED) is 0.609. The van der Waals surface area contributed by atoms with Crippen LogP contribution in [0.3, 0.4) is 0 Å². The molecule has 2 aromatic rings. The smallest absolute Gasteiger partial charge is 0.482 e. The van der Waals surface area contributed by atoms with Crippen molar-refractivity contribution in [1.82, 2.24) is 0 Å². The van der Waals surface area contributed by atoms with Gasteiger partial charge in [0.2, 0.25) is 0 Å². The molecule has 0 unspecified atom stereocenters. The zero-order valence-corrected chi connectivity index (χ0v) is 14.2. The highest BCUT2D eigenvalue weighted by molar-refractivity contribution is 5.66. The van der Waals surface area contributed by atoms with Crippen LogP contribution in [0.1, 0.15) is 0 Å². The van der Waals surface area contributed by atoms with Crippen LogP contribution in [0.4, 0.5) is 4.79 Å². The second-order valence-corrected chi connectivity index (χ2v) is 4.84. The van der Waals surface area contributed by atoms with E-state index in [1.807, 2.05) is 12.1 Å². The normalized spacial score (nSPS) is 13.2. The molecular weight excluding hydrogens is 336 g/mol. The van der Waals surface area contributed by atoms with Crippen LogP contribution in [0.15, 0.2) is 70.6 Å². The molecule has 0 saturated carbocycles. The number of nitrogens with zero attached hydrogens (tertiary/aromatic N) is 2. The number of para-hydroxylation sites is 2. The molecule has 2 heterocycles. The van der Waals surface area contributed by atoms with Crippen molar-refractivity contribution in [3.8, 4) is 11.5 Å². The summed E-state index contributed by atoms with van der Waals surface area (Å²) in [5.74, 6) is 0.923. The summed E-state index contributed by atoms with van der Waals surface area (Å²) in [6.45, 7) is 3.25. The first-order chi connectivity index (χ1) is 12.8. The molecule has 0 aromatic heterocycles. The number of carbonyl (C=O) groups excluding carboxylic acids is 1. The van der Waals surface area contributed by atoms with Crippen molar-refractivity contribution in [3.05, 3.63) is 60.7 Å². The maximum Gasteiger partial charge on any atom is 0.519 e. The molecule has 4 rings (SSSR count). The van der Waals surface area contributed by atoms with Gasteiger partial charge in [-0.1, -0.05) is 36.4 Å². The van der Waals surface area contributed by atoms with E-state index in [0.717, 1.165) is 26.3 Å². The lowest BCUT2D eigenvalue weighted by atomic mass is 10.3.